The number of urea groups is 1. The van der Waals surface area contributed by atoms with Gasteiger partial charge in [-0.25, -0.2) is 4.79 Å². The molecule has 7 heteroatoms. The molecule has 0 unspecified atom stereocenters. The lowest BCUT2D eigenvalue weighted by molar-refractivity contribution is -0.123. The van der Waals surface area contributed by atoms with Crippen molar-refractivity contribution in [2.45, 2.75) is 20.5 Å². The van der Waals surface area contributed by atoms with E-state index in [9.17, 15) is 14.4 Å². The number of hydrogen-bond acceptors (Lipinski definition) is 4. The highest BCUT2D eigenvalue weighted by Gasteiger charge is 2.27. The van der Waals surface area contributed by atoms with Gasteiger partial charge >= 0.3 is 6.03 Å². The van der Waals surface area contributed by atoms with E-state index in [2.05, 4.69) is 6.07 Å². The van der Waals surface area contributed by atoms with Crippen LogP contribution in [0.5, 0.6) is 5.75 Å². The van der Waals surface area contributed by atoms with Crippen molar-refractivity contribution < 1.29 is 19.1 Å². The first-order valence-corrected chi connectivity index (χ1v) is 8.57. The third kappa shape index (κ3) is 4.54. The van der Waals surface area contributed by atoms with Crippen molar-refractivity contribution in [1.29, 1.82) is 0 Å². The van der Waals surface area contributed by atoms with E-state index >= 15 is 0 Å². The van der Waals surface area contributed by atoms with Crippen LogP contribution in [-0.4, -0.2) is 17.8 Å². The maximum atomic E-state index is 11.8. The molecule has 1 heterocycles. The molecule has 2 aromatic rings. The van der Waals surface area contributed by atoms with Crippen molar-refractivity contribution >= 4 is 35.5 Å². The summed E-state index contributed by atoms with van der Waals surface area (Å²) in [5, 5.41) is 4.38. The highest BCUT2D eigenvalue weighted by atomic mass is 35.5. The molecule has 2 N–H and O–H groups in total. The van der Waals surface area contributed by atoms with Crippen LogP contribution < -0.4 is 15.4 Å². The predicted octanol–water partition coefficient (Wildman–Crippen LogP) is 3.29. The zero-order chi connectivity index (χ0) is 19.6. The molecule has 4 amide bonds. The Morgan fingerprint density at radius 1 is 0.963 bits per heavy atom. The molecule has 0 atom stereocenters. The SMILES string of the molecule is Cc1cc(C)cc(COc2ccc(C=C3C(=O)NC(=O)NC3=O)cc2Cl)c1. The van der Waals surface area contributed by atoms with Crippen molar-refractivity contribution in [2.24, 2.45) is 0 Å². The first kappa shape index (κ1) is 18.7. The van der Waals surface area contributed by atoms with Crippen LogP contribution >= 0.6 is 11.6 Å². The first-order valence-electron chi connectivity index (χ1n) is 8.20. The predicted molar refractivity (Wildman–Crippen MR) is 101 cm³/mol. The average molecular weight is 385 g/mol. The van der Waals surface area contributed by atoms with Crippen LogP contribution in [0.4, 0.5) is 4.79 Å². The smallest absolute Gasteiger partial charge is 0.328 e. The van der Waals surface area contributed by atoms with Gasteiger partial charge in [0.05, 0.1) is 5.02 Å². The van der Waals surface area contributed by atoms with Crippen LogP contribution in [0.25, 0.3) is 6.08 Å². The molecule has 1 fully saturated rings. The number of nitrogens with one attached hydrogen (secondary N) is 2. The summed E-state index contributed by atoms with van der Waals surface area (Å²) in [6.07, 6.45) is 1.36. The Balaban J connectivity index is 1.75. The van der Waals surface area contributed by atoms with Crippen LogP contribution in [0, 0.1) is 13.8 Å². The number of aryl methyl sites for hydroxylation is 2. The van der Waals surface area contributed by atoms with Gasteiger partial charge in [0, 0.05) is 0 Å². The lowest BCUT2D eigenvalue weighted by atomic mass is 10.1. The van der Waals surface area contributed by atoms with Crippen molar-refractivity contribution in [3.05, 3.63) is 69.2 Å². The van der Waals surface area contributed by atoms with Crippen molar-refractivity contribution in [3.63, 3.8) is 0 Å². The number of hydrogen-bond donors (Lipinski definition) is 2. The number of ether oxygens (including phenoxy) is 1. The molecule has 0 radical (unpaired) electrons. The van der Waals surface area contributed by atoms with Crippen molar-refractivity contribution in [1.82, 2.24) is 10.6 Å². The number of barbiturate groups is 1. The van der Waals surface area contributed by atoms with Crippen molar-refractivity contribution in [2.75, 3.05) is 0 Å². The molecule has 1 saturated heterocycles. The summed E-state index contributed by atoms with van der Waals surface area (Å²) >= 11 is 6.26. The highest BCUT2D eigenvalue weighted by molar-refractivity contribution is 6.33. The lowest BCUT2D eigenvalue weighted by Crippen LogP contribution is -2.51. The molecule has 3 rings (SSSR count). The quantitative estimate of drug-likeness (QED) is 0.625. The normalized spacial score (nSPS) is 13.9. The van der Waals surface area contributed by atoms with Gasteiger partial charge in [0.2, 0.25) is 0 Å². The summed E-state index contributed by atoms with van der Waals surface area (Å²) in [7, 11) is 0. The third-order valence-electron chi connectivity index (χ3n) is 3.89. The number of carbonyl (C=O) groups is 3. The second-order valence-electron chi connectivity index (χ2n) is 6.27. The number of rotatable bonds is 4. The fourth-order valence-corrected chi connectivity index (χ4v) is 3.05. The van der Waals surface area contributed by atoms with E-state index in [1.54, 1.807) is 18.2 Å². The molecule has 138 valence electrons. The van der Waals surface area contributed by atoms with E-state index in [-0.39, 0.29) is 5.57 Å². The monoisotopic (exact) mass is 384 g/mol. The van der Waals surface area contributed by atoms with Crippen LogP contribution in [0.3, 0.4) is 0 Å². The third-order valence-corrected chi connectivity index (χ3v) is 4.18. The average Bonchev–Trinajstić information content (AvgIpc) is 2.56. The van der Waals surface area contributed by atoms with Gasteiger partial charge in [-0.05, 0) is 43.2 Å². The summed E-state index contributed by atoms with van der Waals surface area (Å²) in [6.45, 7) is 4.42. The van der Waals surface area contributed by atoms with Crippen molar-refractivity contribution in [3.8, 4) is 5.75 Å². The molecule has 0 aliphatic carbocycles. The minimum atomic E-state index is -0.838. The largest absolute Gasteiger partial charge is 0.487 e. The zero-order valence-electron chi connectivity index (χ0n) is 14.8. The Labute approximate surface area is 161 Å². The van der Waals surface area contributed by atoms with Gasteiger partial charge < -0.3 is 4.74 Å². The van der Waals surface area contributed by atoms with Gasteiger partial charge in [-0.3, -0.25) is 20.2 Å². The number of amides is 4. The fraction of sp³-hybridized carbons (Fsp3) is 0.150. The van der Waals surface area contributed by atoms with E-state index < -0.39 is 17.8 Å². The van der Waals surface area contributed by atoms with Crippen LogP contribution in [0.2, 0.25) is 5.02 Å². The van der Waals surface area contributed by atoms with Gasteiger partial charge in [-0.2, -0.15) is 0 Å². The summed E-state index contributed by atoms with van der Waals surface area (Å²) in [5.41, 5.74) is 3.71. The highest BCUT2D eigenvalue weighted by Crippen LogP contribution is 2.27. The van der Waals surface area contributed by atoms with Crippen LogP contribution in [0.1, 0.15) is 22.3 Å². The van der Waals surface area contributed by atoms with Crippen LogP contribution in [-0.2, 0) is 16.2 Å². The number of imide groups is 2. The molecule has 0 spiro atoms. The van der Waals surface area contributed by atoms with Gasteiger partial charge in [0.25, 0.3) is 11.8 Å². The second-order valence-corrected chi connectivity index (χ2v) is 6.68. The Morgan fingerprint density at radius 2 is 1.59 bits per heavy atom. The Morgan fingerprint density at radius 3 is 2.19 bits per heavy atom. The molecule has 0 aromatic heterocycles. The van der Waals surface area contributed by atoms with E-state index in [1.165, 1.54) is 6.08 Å². The lowest BCUT2D eigenvalue weighted by Gasteiger charge is -2.14. The first-order chi connectivity index (χ1) is 12.8. The molecule has 0 bridgehead atoms. The van der Waals surface area contributed by atoms with Gasteiger partial charge in [0.1, 0.15) is 17.9 Å². The minimum Gasteiger partial charge on any atom is -0.487 e. The fourth-order valence-electron chi connectivity index (χ4n) is 2.81. The Hall–Kier alpha value is -3.12. The van der Waals surface area contributed by atoms with Gasteiger partial charge in [-0.1, -0.05) is 47.0 Å². The number of carbonyl (C=O) groups excluding carboxylic acids is 3. The minimum absolute atomic E-state index is 0.172. The summed E-state index contributed by atoms with van der Waals surface area (Å²) in [4.78, 5) is 34.6. The molecule has 27 heavy (non-hydrogen) atoms. The van der Waals surface area contributed by atoms with E-state index in [0.29, 0.717) is 22.9 Å². The second kappa shape index (κ2) is 7.63. The Kier molecular flexibility index (Phi) is 5.28. The maximum absolute atomic E-state index is 11.8. The van der Waals surface area contributed by atoms with E-state index in [4.69, 9.17) is 16.3 Å². The number of benzene rings is 2. The summed E-state index contributed by atoms with van der Waals surface area (Å²) in [5.74, 6) is -1.02. The maximum Gasteiger partial charge on any atom is 0.328 e. The summed E-state index contributed by atoms with van der Waals surface area (Å²) < 4.78 is 5.78. The Bertz CT molecular complexity index is 940. The molecule has 1 aliphatic heterocycles. The topological polar surface area (TPSA) is 84.5 Å². The molecular weight excluding hydrogens is 368 g/mol. The molecule has 1 aliphatic rings. The number of halogens is 1. The van der Waals surface area contributed by atoms with Gasteiger partial charge in [0.15, 0.2) is 0 Å². The molecular formula is C20H17ClN2O4. The van der Waals surface area contributed by atoms with E-state index in [0.717, 1.165) is 16.7 Å². The summed E-state index contributed by atoms with van der Waals surface area (Å²) in [6, 6.07) is 10.3. The van der Waals surface area contributed by atoms with Gasteiger partial charge in [-0.15, -0.1) is 0 Å². The molecule has 2 aromatic carbocycles. The van der Waals surface area contributed by atoms with E-state index in [1.807, 2.05) is 36.6 Å². The molecule has 0 saturated carbocycles. The zero-order valence-corrected chi connectivity index (χ0v) is 15.5. The molecule has 6 nitrogen and oxygen atoms in total. The standard InChI is InChI=1S/C20H17ClN2O4/c1-11-5-12(2)7-14(6-11)10-27-17-4-3-13(9-16(17)21)8-15-18(24)22-20(26)23-19(15)25/h3-9H,10H2,1-2H3,(H2,22,23,24,25,26). The van der Waals surface area contributed by atoms with Crippen LogP contribution in [0.15, 0.2) is 42.0 Å².